The Hall–Kier alpha value is -0.0400. The highest BCUT2D eigenvalue weighted by Gasteiger charge is 2.42. The Balaban J connectivity index is 0.00000242. The molecule has 2 aliphatic carbocycles. The summed E-state index contributed by atoms with van der Waals surface area (Å²) in [5.74, 6) is 1.88. The van der Waals surface area contributed by atoms with Gasteiger partial charge in [-0.2, -0.15) is 0 Å². The van der Waals surface area contributed by atoms with Crippen LogP contribution in [0, 0.1) is 11.3 Å². The first kappa shape index (κ1) is 20.0. The maximum Gasteiger partial charge on any atom is 0.191 e. The summed E-state index contributed by atoms with van der Waals surface area (Å²) in [6.07, 6.45) is 9.05. The minimum absolute atomic E-state index is 0. The van der Waals surface area contributed by atoms with E-state index in [1.165, 1.54) is 44.9 Å². The minimum atomic E-state index is 0. The van der Waals surface area contributed by atoms with Crippen molar-refractivity contribution in [3.63, 3.8) is 0 Å². The lowest BCUT2D eigenvalue weighted by molar-refractivity contribution is 0.128. The molecule has 2 saturated carbocycles. The van der Waals surface area contributed by atoms with Gasteiger partial charge in [0.1, 0.15) is 0 Å². The Labute approximate surface area is 153 Å². The van der Waals surface area contributed by atoms with Gasteiger partial charge in [-0.15, -0.1) is 24.0 Å². The minimum Gasteiger partial charge on any atom is -0.382 e. The number of nitrogens with one attached hydrogen (secondary N) is 2. The van der Waals surface area contributed by atoms with E-state index < -0.39 is 0 Å². The third-order valence-corrected chi connectivity index (χ3v) is 5.15. The van der Waals surface area contributed by atoms with Crippen LogP contribution in [0.1, 0.15) is 58.8 Å². The molecule has 0 unspecified atom stereocenters. The molecule has 130 valence electrons. The molecule has 0 aromatic heterocycles. The molecular formula is C17H34IN3O. The van der Waals surface area contributed by atoms with Crippen molar-refractivity contribution in [2.75, 3.05) is 26.8 Å². The van der Waals surface area contributed by atoms with Crippen molar-refractivity contribution in [2.24, 2.45) is 16.3 Å². The highest BCUT2D eigenvalue weighted by Crippen LogP contribution is 2.48. The zero-order chi connectivity index (χ0) is 15.1. The summed E-state index contributed by atoms with van der Waals surface area (Å²) in [6, 6.07) is 0.603. The number of ether oxygens (including phenoxy) is 1. The molecule has 0 bridgehead atoms. The number of hydrogen-bond acceptors (Lipinski definition) is 2. The van der Waals surface area contributed by atoms with Crippen molar-refractivity contribution in [3.8, 4) is 0 Å². The van der Waals surface area contributed by atoms with E-state index in [4.69, 9.17) is 4.74 Å². The fourth-order valence-corrected chi connectivity index (χ4v) is 3.19. The van der Waals surface area contributed by atoms with Crippen LogP contribution in [-0.2, 0) is 4.74 Å². The van der Waals surface area contributed by atoms with Crippen molar-refractivity contribution in [1.82, 2.24) is 10.6 Å². The lowest BCUT2D eigenvalue weighted by Gasteiger charge is -2.29. The van der Waals surface area contributed by atoms with Crippen molar-refractivity contribution in [3.05, 3.63) is 0 Å². The molecule has 0 radical (unpaired) electrons. The van der Waals surface area contributed by atoms with E-state index in [2.05, 4.69) is 29.5 Å². The first-order valence-electron chi connectivity index (χ1n) is 8.72. The molecule has 0 saturated heterocycles. The van der Waals surface area contributed by atoms with Gasteiger partial charge in [-0.3, -0.25) is 4.99 Å². The van der Waals surface area contributed by atoms with Gasteiger partial charge in [-0.1, -0.05) is 6.92 Å². The van der Waals surface area contributed by atoms with Crippen molar-refractivity contribution in [2.45, 2.75) is 64.8 Å². The average Bonchev–Trinajstić information content (AvgIpc) is 3.26. The second kappa shape index (κ2) is 9.96. The van der Waals surface area contributed by atoms with Crippen LogP contribution in [0.2, 0.25) is 0 Å². The molecular weight excluding hydrogens is 389 g/mol. The molecule has 0 aliphatic heterocycles. The van der Waals surface area contributed by atoms with E-state index in [0.717, 1.165) is 31.6 Å². The Morgan fingerprint density at radius 1 is 1.23 bits per heavy atom. The topological polar surface area (TPSA) is 45.6 Å². The van der Waals surface area contributed by atoms with Gasteiger partial charge >= 0.3 is 0 Å². The number of nitrogens with zero attached hydrogens (tertiary/aromatic N) is 1. The lowest BCUT2D eigenvalue weighted by Crippen LogP contribution is -2.46. The van der Waals surface area contributed by atoms with Crippen LogP contribution in [0.15, 0.2) is 4.99 Å². The average molecular weight is 423 g/mol. The van der Waals surface area contributed by atoms with E-state index in [1.54, 1.807) is 0 Å². The van der Waals surface area contributed by atoms with Crippen LogP contribution in [0.4, 0.5) is 0 Å². The maximum absolute atomic E-state index is 5.50. The molecule has 0 spiro atoms. The largest absolute Gasteiger partial charge is 0.382 e. The van der Waals surface area contributed by atoms with Gasteiger partial charge < -0.3 is 15.4 Å². The molecule has 2 aliphatic rings. The molecule has 2 N–H and O–H groups in total. The van der Waals surface area contributed by atoms with Crippen molar-refractivity contribution in [1.29, 1.82) is 0 Å². The van der Waals surface area contributed by atoms with Gasteiger partial charge in [0, 0.05) is 32.8 Å². The van der Waals surface area contributed by atoms with Gasteiger partial charge in [-0.05, 0) is 63.2 Å². The Morgan fingerprint density at radius 2 is 1.91 bits per heavy atom. The number of hydrogen-bond donors (Lipinski definition) is 2. The van der Waals surface area contributed by atoms with Crippen LogP contribution in [-0.4, -0.2) is 38.8 Å². The van der Waals surface area contributed by atoms with Crippen LogP contribution >= 0.6 is 24.0 Å². The lowest BCUT2D eigenvalue weighted by atomic mass is 9.87. The van der Waals surface area contributed by atoms with E-state index in [1.807, 2.05) is 7.05 Å². The molecule has 22 heavy (non-hydrogen) atoms. The molecule has 0 aromatic carbocycles. The Bertz CT molecular complexity index is 337. The molecule has 2 fully saturated rings. The van der Waals surface area contributed by atoms with Crippen LogP contribution < -0.4 is 10.6 Å². The Kier molecular flexibility index (Phi) is 9.05. The predicted octanol–water partition coefficient (Wildman–Crippen LogP) is 3.55. The number of guanidine groups is 1. The zero-order valence-corrected chi connectivity index (χ0v) is 16.8. The zero-order valence-electron chi connectivity index (χ0n) is 14.5. The van der Waals surface area contributed by atoms with E-state index in [9.17, 15) is 0 Å². The molecule has 2 rings (SSSR count). The fraction of sp³-hybridized carbons (Fsp3) is 0.941. The van der Waals surface area contributed by atoms with E-state index >= 15 is 0 Å². The molecule has 0 heterocycles. The predicted molar refractivity (Wildman–Crippen MR) is 104 cm³/mol. The summed E-state index contributed by atoms with van der Waals surface area (Å²) in [5.41, 5.74) is 0.466. The summed E-state index contributed by atoms with van der Waals surface area (Å²) in [5, 5.41) is 7.14. The van der Waals surface area contributed by atoms with E-state index in [0.29, 0.717) is 11.5 Å². The quantitative estimate of drug-likeness (QED) is 0.285. The number of halogens is 1. The molecule has 5 heteroatoms. The second-order valence-corrected chi connectivity index (χ2v) is 6.97. The highest BCUT2D eigenvalue weighted by atomic mass is 127. The summed E-state index contributed by atoms with van der Waals surface area (Å²) in [6.45, 7) is 7.17. The summed E-state index contributed by atoms with van der Waals surface area (Å²) in [4.78, 5) is 4.39. The van der Waals surface area contributed by atoms with Gasteiger partial charge in [0.2, 0.25) is 0 Å². The van der Waals surface area contributed by atoms with Crippen LogP contribution in [0.25, 0.3) is 0 Å². The maximum atomic E-state index is 5.50. The monoisotopic (exact) mass is 423 g/mol. The van der Waals surface area contributed by atoms with E-state index in [-0.39, 0.29) is 24.0 Å². The molecule has 0 amide bonds. The fourth-order valence-electron chi connectivity index (χ4n) is 3.19. The summed E-state index contributed by atoms with van der Waals surface area (Å²) in [7, 11) is 1.88. The third-order valence-electron chi connectivity index (χ3n) is 5.15. The standard InChI is InChI=1S/C17H33N3O.HI/c1-4-21-12-11-17(9-10-17)13-19-16(18-3)20-15-7-5-14(2)6-8-15;/h14-15H,4-13H2,1-3H3,(H2,18,19,20);1H. The van der Waals surface area contributed by atoms with Gasteiger partial charge in [0.15, 0.2) is 5.96 Å². The summed E-state index contributed by atoms with van der Waals surface area (Å²) >= 11 is 0. The smallest absolute Gasteiger partial charge is 0.191 e. The normalized spacial score (nSPS) is 27.0. The van der Waals surface area contributed by atoms with Gasteiger partial charge in [0.05, 0.1) is 0 Å². The Morgan fingerprint density at radius 3 is 2.45 bits per heavy atom. The van der Waals surface area contributed by atoms with Crippen LogP contribution in [0.3, 0.4) is 0 Å². The van der Waals surface area contributed by atoms with Crippen LogP contribution in [0.5, 0.6) is 0 Å². The second-order valence-electron chi connectivity index (χ2n) is 6.97. The van der Waals surface area contributed by atoms with Gasteiger partial charge in [0.25, 0.3) is 0 Å². The first-order chi connectivity index (χ1) is 10.2. The van der Waals surface area contributed by atoms with Gasteiger partial charge in [-0.25, -0.2) is 0 Å². The SMILES string of the molecule is CCOCCC1(CNC(=NC)NC2CCC(C)CC2)CC1.I. The highest BCUT2D eigenvalue weighted by molar-refractivity contribution is 14.0. The van der Waals surface area contributed by atoms with Crippen molar-refractivity contribution < 1.29 is 4.74 Å². The number of rotatable bonds is 7. The van der Waals surface area contributed by atoms with Crippen molar-refractivity contribution >= 4 is 29.9 Å². The first-order valence-corrected chi connectivity index (χ1v) is 8.72. The summed E-state index contributed by atoms with van der Waals surface area (Å²) < 4.78 is 5.50. The molecule has 4 nitrogen and oxygen atoms in total. The number of aliphatic imine (C=N–C) groups is 1. The third kappa shape index (κ3) is 6.60. The molecule has 0 aromatic rings. The molecule has 0 atom stereocenters.